The molecule has 5 rings (SSSR count). The molecule has 3 aromatic rings. The van der Waals surface area contributed by atoms with Crippen LogP contribution in [-0.4, -0.2) is 40.7 Å². The first-order valence-electron chi connectivity index (χ1n) is 11.1. The minimum absolute atomic E-state index is 0.0446. The van der Waals surface area contributed by atoms with Crippen LogP contribution in [0.1, 0.15) is 46.8 Å². The number of nitrogens with zero attached hydrogens (tertiary/aromatic N) is 1. The lowest BCUT2D eigenvalue weighted by Crippen LogP contribution is -2.33. The van der Waals surface area contributed by atoms with Gasteiger partial charge in [-0.15, -0.1) is 11.3 Å². The fourth-order valence-corrected chi connectivity index (χ4v) is 5.43. The molecule has 34 heavy (non-hydrogen) atoms. The number of aromatic nitrogens is 1. The molecule has 0 spiro atoms. The van der Waals surface area contributed by atoms with Gasteiger partial charge in [-0.1, -0.05) is 48.5 Å². The van der Waals surface area contributed by atoms with Crippen LogP contribution in [0.3, 0.4) is 0 Å². The van der Waals surface area contributed by atoms with E-state index < -0.39 is 18.0 Å². The van der Waals surface area contributed by atoms with E-state index >= 15 is 0 Å². The van der Waals surface area contributed by atoms with Crippen LogP contribution >= 0.6 is 11.3 Å². The Bertz CT molecular complexity index is 1210. The third-order valence-electron chi connectivity index (χ3n) is 6.41. The number of carbonyl (C=O) groups is 3. The number of carboxylic acids is 1. The van der Waals surface area contributed by atoms with Crippen LogP contribution in [0, 0.1) is 5.92 Å². The van der Waals surface area contributed by atoms with Crippen molar-refractivity contribution >= 4 is 34.4 Å². The molecule has 0 unspecified atom stereocenters. The molecule has 1 saturated carbocycles. The Morgan fingerprint density at radius 2 is 1.71 bits per heavy atom. The first kappa shape index (κ1) is 22.1. The number of thiazole rings is 1. The summed E-state index contributed by atoms with van der Waals surface area (Å²) in [6.45, 7) is 0.186. The summed E-state index contributed by atoms with van der Waals surface area (Å²) in [5.41, 5.74) is 4.74. The number of carboxylic acid groups (broad SMARTS) is 1. The minimum atomic E-state index is -0.833. The molecule has 0 saturated heterocycles. The summed E-state index contributed by atoms with van der Waals surface area (Å²) in [7, 11) is 0. The summed E-state index contributed by atoms with van der Waals surface area (Å²) >= 11 is 1.13. The van der Waals surface area contributed by atoms with Crippen molar-refractivity contribution in [1.82, 2.24) is 10.3 Å². The van der Waals surface area contributed by atoms with Crippen molar-refractivity contribution < 1.29 is 24.2 Å². The summed E-state index contributed by atoms with van der Waals surface area (Å²) in [5.74, 6) is -1.68. The van der Waals surface area contributed by atoms with E-state index in [1.165, 1.54) is 0 Å². The van der Waals surface area contributed by atoms with Crippen LogP contribution in [0.5, 0.6) is 0 Å². The van der Waals surface area contributed by atoms with Gasteiger partial charge >= 0.3 is 12.1 Å². The van der Waals surface area contributed by atoms with Gasteiger partial charge < -0.3 is 15.2 Å². The molecule has 8 nitrogen and oxygen atoms in total. The second-order valence-corrected chi connectivity index (χ2v) is 9.37. The van der Waals surface area contributed by atoms with Gasteiger partial charge in [0.1, 0.15) is 12.3 Å². The van der Waals surface area contributed by atoms with Gasteiger partial charge in [-0.25, -0.2) is 9.78 Å². The lowest BCUT2D eigenvalue weighted by atomic mass is 9.98. The van der Waals surface area contributed by atoms with Crippen LogP contribution in [0.15, 0.2) is 53.9 Å². The average Bonchev–Trinajstić information content (AvgIpc) is 3.56. The first-order chi connectivity index (χ1) is 16.5. The number of rotatable bonds is 6. The monoisotopic (exact) mass is 477 g/mol. The van der Waals surface area contributed by atoms with E-state index in [0.717, 1.165) is 33.6 Å². The first-order valence-corrected chi connectivity index (χ1v) is 12.0. The van der Waals surface area contributed by atoms with E-state index in [-0.39, 0.29) is 35.3 Å². The van der Waals surface area contributed by atoms with Crippen LogP contribution < -0.4 is 10.6 Å². The van der Waals surface area contributed by atoms with Gasteiger partial charge in [-0.2, -0.15) is 0 Å². The number of benzene rings is 2. The van der Waals surface area contributed by atoms with Crippen molar-refractivity contribution in [2.24, 2.45) is 5.92 Å². The number of hydrogen-bond acceptors (Lipinski definition) is 6. The zero-order valence-electron chi connectivity index (χ0n) is 18.2. The summed E-state index contributed by atoms with van der Waals surface area (Å²) in [4.78, 5) is 40.1. The average molecular weight is 478 g/mol. The number of amides is 2. The lowest BCUT2D eigenvalue weighted by molar-refractivity contribution is -0.141. The molecule has 2 aliphatic rings. The van der Waals surface area contributed by atoms with Gasteiger partial charge in [0.2, 0.25) is 0 Å². The topological polar surface area (TPSA) is 118 Å². The van der Waals surface area contributed by atoms with Crippen LogP contribution in [0.2, 0.25) is 0 Å². The van der Waals surface area contributed by atoms with E-state index in [2.05, 4.69) is 39.9 Å². The largest absolute Gasteiger partial charge is 0.481 e. The highest BCUT2D eigenvalue weighted by atomic mass is 32.1. The maximum Gasteiger partial charge on any atom is 0.413 e. The number of anilines is 1. The Morgan fingerprint density at radius 1 is 1.03 bits per heavy atom. The highest BCUT2D eigenvalue weighted by molar-refractivity contribution is 7.14. The zero-order valence-corrected chi connectivity index (χ0v) is 19.0. The molecule has 2 atom stereocenters. The number of hydrogen-bond donors (Lipinski definition) is 3. The third-order valence-corrected chi connectivity index (χ3v) is 7.16. The fraction of sp³-hybridized carbons (Fsp3) is 0.280. The molecule has 2 aliphatic carbocycles. The Labute approximate surface area is 200 Å². The van der Waals surface area contributed by atoms with Gasteiger partial charge in [0, 0.05) is 17.3 Å². The summed E-state index contributed by atoms with van der Waals surface area (Å²) in [6, 6.07) is 16.0. The molecule has 0 aliphatic heterocycles. The summed E-state index contributed by atoms with van der Waals surface area (Å²) in [6.07, 6.45) is 0.947. The van der Waals surface area contributed by atoms with Crippen molar-refractivity contribution in [2.45, 2.75) is 31.2 Å². The zero-order chi connectivity index (χ0) is 23.7. The highest BCUT2D eigenvalue weighted by Gasteiger charge is 2.31. The second-order valence-electron chi connectivity index (χ2n) is 8.51. The molecule has 1 fully saturated rings. The third kappa shape index (κ3) is 4.38. The predicted molar refractivity (Wildman–Crippen MR) is 127 cm³/mol. The molecule has 3 N–H and O–H groups in total. The van der Waals surface area contributed by atoms with E-state index in [4.69, 9.17) is 9.84 Å². The molecular weight excluding hydrogens is 454 g/mol. The molecule has 0 radical (unpaired) electrons. The summed E-state index contributed by atoms with van der Waals surface area (Å²) < 4.78 is 5.52. The Morgan fingerprint density at radius 3 is 2.35 bits per heavy atom. The number of aliphatic carboxylic acids is 1. The van der Waals surface area contributed by atoms with Gasteiger partial charge in [-0.05, 0) is 41.5 Å². The van der Waals surface area contributed by atoms with Gasteiger partial charge in [-0.3, -0.25) is 14.9 Å². The molecule has 174 valence electrons. The molecule has 9 heteroatoms. The van der Waals surface area contributed by atoms with Crippen LogP contribution in [0.25, 0.3) is 11.1 Å². The number of fused-ring (bicyclic) bond motifs is 3. The molecule has 2 aromatic carbocycles. The van der Waals surface area contributed by atoms with Crippen molar-refractivity contribution in [3.63, 3.8) is 0 Å². The minimum Gasteiger partial charge on any atom is -0.481 e. The van der Waals surface area contributed by atoms with Gasteiger partial charge in [0.15, 0.2) is 5.13 Å². The van der Waals surface area contributed by atoms with Crippen molar-refractivity contribution in [3.05, 3.63) is 70.7 Å². The van der Waals surface area contributed by atoms with Crippen LogP contribution in [-0.2, 0) is 9.53 Å². The lowest BCUT2D eigenvalue weighted by Gasteiger charge is -2.14. The van der Waals surface area contributed by atoms with Crippen molar-refractivity contribution in [2.75, 3.05) is 11.9 Å². The van der Waals surface area contributed by atoms with Crippen molar-refractivity contribution in [1.29, 1.82) is 0 Å². The van der Waals surface area contributed by atoms with Gasteiger partial charge in [0.25, 0.3) is 5.91 Å². The molecule has 0 bridgehead atoms. The Kier molecular flexibility index (Phi) is 6.02. The molecule has 1 aromatic heterocycles. The SMILES string of the molecule is O=C(Nc1nc(C(=O)N[C@@H]2CC[C@H](C(=O)O)C2)cs1)OCC1c2ccccc2-c2ccccc21. The normalized spacial score (nSPS) is 18.7. The Balaban J connectivity index is 1.17. The van der Waals surface area contributed by atoms with E-state index in [1.807, 2.05) is 24.3 Å². The predicted octanol–water partition coefficient (Wildman–Crippen LogP) is 4.49. The summed E-state index contributed by atoms with van der Waals surface area (Å²) in [5, 5.41) is 16.3. The van der Waals surface area contributed by atoms with Crippen molar-refractivity contribution in [3.8, 4) is 11.1 Å². The number of ether oxygens (including phenoxy) is 1. The highest BCUT2D eigenvalue weighted by Crippen LogP contribution is 2.44. The van der Waals surface area contributed by atoms with E-state index in [0.29, 0.717) is 19.3 Å². The van der Waals surface area contributed by atoms with Gasteiger partial charge in [0.05, 0.1) is 5.92 Å². The fourth-order valence-electron chi connectivity index (χ4n) is 4.75. The maximum atomic E-state index is 12.5. The number of nitrogens with one attached hydrogen (secondary N) is 2. The smallest absolute Gasteiger partial charge is 0.413 e. The molecule has 1 heterocycles. The quantitative estimate of drug-likeness (QED) is 0.482. The van der Waals surface area contributed by atoms with Crippen LogP contribution in [0.4, 0.5) is 9.93 Å². The van der Waals surface area contributed by atoms with E-state index in [9.17, 15) is 14.4 Å². The number of carbonyl (C=O) groups excluding carboxylic acids is 2. The van der Waals surface area contributed by atoms with E-state index in [1.54, 1.807) is 5.38 Å². The maximum absolute atomic E-state index is 12.5. The second kappa shape index (κ2) is 9.26. The standard InChI is InChI=1S/C25H23N3O5S/c29-22(26-15-10-9-14(11-15)23(30)31)21-13-34-24(27-21)28-25(32)33-12-20-18-7-3-1-5-16(18)17-6-2-4-8-19(17)20/h1-8,13-15,20H,9-12H2,(H,26,29)(H,30,31)(H,27,28,32)/t14-,15+/m0/s1. The Hall–Kier alpha value is -3.72. The molecule has 2 amide bonds. The molecular formula is C25H23N3O5S.